The van der Waals surface area contributed by atoms with Crippen molar-refractivity contribution in [3.63, 3.8) is 0 Å². The molecule has 0 unspecified atom stereocenters. The van der Waals surface area contributed by atoms with E-state index in [2.05, 4.69) is 50.6 Å². The molecular weight excluding hydrogens is 555 g/mol. The van der Waals surface area contributed by atoms with Gasteiger partial charge in [0.2, 0.25) is 23.0 Å². The fourth-order valence-electron chi connectivity index (χ4n) is 3.59. The third-order valence-corrected chi connectivity index (χ3v) is 6.09. The third-order valence-electron chi connectivity index (χ3n) is 5.67. The molecule has 12 heteroatoms. The number of carbonyl (C=O) groups excluding carboxylic acids is 2. The fourth-order valence-corrected chi connectivity index (χ4v) is 3.72. The Balaban J connectivity index is 0.000000810. The zero-order valence-corrected chi connectivity index (χ0v) is 23.7. The number of allylic oxidation sites excluding steroid dienone is 1. The van der Waals surface area contributed by atoms with E-state index in [1.165, 1.54) is 12.3 Å². The van der Waals surface area contributed by atoms with Crippen molar-refractivity contribution in [1.29, 1.82) is 0 Å². The zero-order chi connectivity index (χ0) is 29.1. The van der Waals surface area contributed by atoms with E-state index in [1.807, 2.05) is 18.2 Å². The molecule has 2 aromatic carbocycles. The number of nitrogens with one attached hydrogen (secondary N) is 2. The third kappa shape index (κ3) is 8.98. The van der Waals surface area contributed by atoms with Gasteiger partial charge in [-0.2, -0.15) is 4.98 Å². The lowest BCUT2D eigenvalue weighted by Gasteiger charge is -2.34. The number of carbonyl (C=O) groups is 2. The molecule has 0 bridgehead atoms. The summed E-state index contributed by atoms with van der Waals surface area (Å²) in [6.07, 6.45) is 3.70. The first-order chi connectivity index (χ1) is 19.2. The van der Waals surface area contributed by atoms with Crippen LogP contribution in [0.25, 0.3) is 0 Å². The number of hydrogen-bond donors (Lipinski definition) is 2. The Labute approximate surface area is 243 Å². The lowest BCUT2D eigenvalue weighted by Crippen LogP contribution is -2.44. The summed E-state index contributed by atoms with van der Waals surface area (Å²) < 4.78 is 11.5. The molecule has 1 fully saturated rings. The Hall–Kier alpha value is -4.12. The summed E-state index contributed by atoms with van der Waals surface area (Å²) in [4.78, 5) is 34.4. The quantitative estimate of drug-likeness (QED) is 0.249. The van der Waals surface area contributed by atoms with Gasteiger partial charge in [0.1, 0.15) is 16.5 Å². The first-order valence-electron chi connectivity index (χ1n) is 12.2. The summed E-state index contributed by atoms with van der Waals surface area (Å²) in [6.45, 7) is 10.5. The highest BCUT2D eigenvalue weighted by atomic mass is 35.5. The number of aromatic nitrogens is 2. The minimum absolute atomic E-state index is 0.171. The van der Waals surface area contributed by atoms with E-state index < -0.39 is 5.24 Å². The molecule has 1 aromatic heterocycles. The van der Waals surface area contributed by atoms with Gasteiger partial charge in [0.05, 0.1) is 19.0 Å². The van der Waals surface area contributed by atoms with E-state index in [9.17, 15) is 9.59 Å². The summed E-state index contributed by atoms with van der Waals surface area (Å²) >= 11 is 11.0. The van der Waals surface area contributed by atoms with Gasteiger partial charge in [-0.05, 0) is 55.1 Å². The van der Waals surface area contributed by atoms with Crippen LogP contribution in [0, 0.1) is 0 Å². The molecule has 1 aliphatic rings. The van der Waals surface area contributed by atoms with Gasteiger partial charge in [0.25, 0.3) is 0 Å². The molecule has 0 aliphatic carbocycles. The van der Waals surface area contributed by atoms with Gasteiger partial charge in [0, 0.05) is 49.7 Å². The van der Waals surface area contributed by atoms with Crippen molar-refractivity contribution >= 4 is 57.4 Å². The zero-order valence-electron chi connectivity index (χ0n) is 22.2. The van der Waals surface area contributed by atoms with Crippen LogP contribution in [0.1, 0.15) is 0 Å². The van der Waals surface area contributed by atoms with Crippen LogP contribution in [0.15, 0.2) is 74.0 Å². The largest absolute Gasteiger partial charge is 0.494 e. The van der Waals surface area contributed by atoms with Crippen LogP contribution in [0.2, 0.25) is 5.02 Å². The average Bonchev–Trinajstić information content (AvgIpc) is 2.96. The molecule has 0 radical (unpaired) electrons. The minimum atomic E-state index is -0.509. The molecule has 2 N–H and O–H groups in total. The lowest BCUT2D eigenvalue weighted by atomic mass is 10.2. The summed E-state index contributed by atoms with van der Waals surface area (Å²) in [5, 5.41) is 5.60. The SMILES string of the molecule is C=CC(=O)Cl.C=CC(=O)Nc1cccc(Oc2nc(Nc3ccc(N4CCN(C)CC4)cc3OC)ncc2Cl)c1. The highest BCUT2D eigenvalue weighted by Crippen LogP contribution is 2.34. The molecule has 4 rings (SSSR count). The summed E-state index contributed by atoms with van der Waals surface area (Å²) in [5.74, 6) is 1.28. The van der Waals surface area contributed by atoms with Gasteiger partial charge >= 0.3 is 0 Å². The topological polar surface area (TPSA) is 109 Å². The molecular formula is C28H30Cl2N6O4. The number of anilines is 4. The molecule has 3 aromatic rings. The van der Waals surface area contributed by atoms with E-state index in [1.54, 1.807) is 31.4 Å². The second-order valence-corrected chi connectivity index (χ2v) is 9.26. The Morgan fingerprint density at radius 1 is 1.07 bits per heavy atom. The Morgan fingerprint density at radius 3 is 2.45 bits per heavy atom. The van der Waals surface area contributed by atoms with Crippen molar-refractivity contribution in [3.05, 3.63) is 79.0 Å². The highest BCUT2D eigenvalue weighted by molar-refractivity contribution is 6.66. The normalized spacial score (nSPS) is 12.8. The molecule has 0 saturated carbocycles. The van der Waals surface area contributed by atoms with Crippen LogP contribution in [0.5, 0.6) is 17.4 Å². The smallest absolute Gasteiger partial charge is 0.247 e. The molecule has 1 amide bonds. The maximum absolute atomic E-state index is 11.6. The van der Waals surface area contributed by atoms with Crippen LogP contribution in [0.3, 0.4) is 0 Å². The van der Waals surface area contributed by atoms with Crippen LogP contribution in [-0.4, -0.2) is 66.4 Å². The number of ether oxygens (including phenoxy) is 2. The molecule has 1 aliphatic heterocycles. The van der Waals surface area contributed by atoms with Gasteiger partial charge in [-0.25, -0.2) is 4.98 Å². The van der Waals surface area contributed by atoms with E-state index in [0.717, 1.165) is 37.9 Å². The monoisotopic (exact) mass is 584 g/mol. The number of nitrogens with zero attached hydrogens (tertiary/aromatic N) is 4. The Kier molecular flexibility index (Phi) is 11.3. The Bertz CT molecular complexity index is 1360. The van der Waals surface area contributed by atoms with Gasteiger partial charge in [0.15, 0.2) is 0 Å². The maximum Gasteiger partial charge on any atom is 0.247 e. The van der Waals surface area contributed by atoms with Crippen LogP contribution < -0.4 is 25.0 Å². The van der Waals surface area contributed by atoms with Crippen molar-refractivity contribution < 1.29 is 19.1 Å². The van der Waals surface area contributed by atoms with Crippen molar-refractivity contribution in [2.45, 2.75) is 0 Å². The van der Waals surface area contributed by atoms with E-state index in [0.29, 0.717) is 28.8 Å². The van der Waals surface area contributed by atoms with Crippen molar-refractivity contribution in [2.24, 2.45) is 0 Å². The summed E-state index contributed by atoms with van der Waals surface area (Å²) in [7, 11) is 3.76. The number of benzene rings is 2. The Morgan fingerprint density at radius 2 is 1.80 bits per heavy atom. The number of likely N-dealkylation sites (N-methyl/N-ethyl adjacent to an activating group) is 1. The first kappa shape index (κ1) is 30.4. The predicted molar refractivity (Wildman–Crippen MR) is 159 cm³/mol. The van der Waals surface area contributed by atoms with E-state index in [4.69, 9.17) is 32.7 Å². The standard InChI is InChI=1S/C25H27ClN6O3.C3H3ClO/c1-4-23(33)28-17-6-5-7-19(14-17)35-24-20(26)16-27-25(30-24)29-21-9-8-18(15-22(21)34-3)32-12-10-31(2)11-13-32;1-2-3(4)5/h4-9,14-16H,1,10-13H2,2-3H3,(H,28,33)(H,27,29,30);2H,1H2. The average molecular weight is 585 g/mol. The number of rotatable bonds is 9. The number of piperazine rings is 1. The molecule has 0 atom stereocenters. The number of hydrogen-bond acceptors (Lipinski definition) is 9. The second kappa shape index (κ2) is 14.9. The van der Waals surface area contributed by atoms with Crippen LogP contribution in [-0.2, 0) is 9.59 Å². The van der Waals surface area contributed by atoms with E-state index >= 15 is 0 Å². The number of methoxy groups -OCH3 is 1. The summed E-state index contributed by atoms with van der Waals surface area (Å²) in [6, 6.07) is 12.9. The first-order valence-corrected chi connectivity index (χ1v) is 12.9. The lowest BCUT2D eigenvalue weighted by molar-refractivity contribution is -0.112. The van der Waals surface area contributed by atoms with Gasteiger partial charge in [-0.3, -0.25) is 9.59 Å². The minimum Gasteiger partial charge on any atom is -0.494 e. The second-order valence-electron chi connectivity index (χ2n) is 8.48. The summed E-state index contributed by atoms with van der Waals surface area (Å²) in [5.41, 5.74) is 2.37. The van der Waals surface area contributed by atoms with Gasteiger partial charge in [-0.1, -0.05) is 30.8 Å². The molecule has 40 heavy (non-hydrogen) atoms. The van der Waals surface area contributed by atoms with Crippen molar-refractivity contribution in [1.82, 2.24) is 14.9 Å². The molecule has 0 spiro atoms. The van der Waals surface area contributed by atoms with Gasteiger partial charge < -0.3 is 29.9 Å². The van der Waals surface area contributed by atoms with Crippen LogP contribution >= 0.6 is 23.2 Å². The molecule has 1 saturated heterocycles. The van der Waals surface area contributed by atoms with Crippen molar-refractivity contribution in [2.75, 3.05) is 55.9 Å². The van der Waals surface area contributed by atoms with Gasteiger partial charge in [-0.15, -0.1) is 0 Å². The number of halogens is 2. The number of amides is 1. The van der Waals surface area contributed by atoms with E-state index in [-0.39, 0.29) is 16.8 Å². The molecule has 210 valence electrons. The van der Waals surface area contributed by atoms with Crippen LogP contribution in [0.4, 0.5) is 23.0 Å². The van der Waals surface area contributed by atoms with Crippen molar-refractivity contribution in [3.8, 4) is 17.4 Å². The fraction of sp³-hybridized carbons (Fsp3) is 0.214. The maximum atomic E-state index is 11.6. The predicted octanol–water partition coefficient (Wildman–Crippen LogP) is 5.49. The molecule has 2 heterocycles. The molecule has 10 nitrogen and oxygen atoms in total. The highest BCUT2D eigenvalue weighted by Gasteiger charge is 2.17.